The van der Waals surface area contributed by atoms with Crippen LogP contribution in [0.2, 0.25) is 0 Å². The Morgan fingerprint density at radius 1 is 0.950 bits per heavy atom. The van der Waals surface area contributed by atoms with Crippen LogP contribution >= 0.6 is 0 Å². The first-order chi connectivity index (χ1) is 9.83. The van der Waals surface area contributed by atoms with E-state index in [1.165, 1.54) is 29.2 Å². The maximum atomic E-state index is 5.75. The van der Waals surface area contributed by atoms with E-state index in [4.69, 9.17) is 10.5 Å². The molecule has 0 spiro atoms. The van der Waals surface area contributed by atoms with Crippen molar-refractivity contribution in [3.63, 3.8) is 0 Å². The molecule has 0 saturated heterocycles. The summed E-state index contributed by atoms with van der Waals surface area (Å²) < 4.78 is 5.75. The van der Waals surface area contributed by atoms with Gasteiger partial charge in [0.25, 0.3) is 0 Å². The summed E-state index contributed by atoms with van der Waals surface area (Å²) in [5.74, 6) is 0.974. The van der Waals surface area contributed by atoms with Crippen molar-refractivity contribution in [3.8, 4) is 5.75 Å². The topological polar surface area (TPSA) is 35.2 Å². The van der Waals surface area contributed by atoms with Gasteiger partial charge in [-0.05, 0) is 60.7 Å². The Bertz CT molecular complexity index is 487. The van der Waals surface area contributed by atoms with E-state index in [1.54, 1.807) is 0 Å². The lowest BCUT2D eigenvalue weighted by Crippen LogP contribution is -1.99. The van der Waals surface area contributed by atoms with Gasteiger partial charge in [-0.1, -0.05) is 37.6 Å². The quantitative estimate of drug-likeness (QED) is 0.726. The normalized spacial score (nSPS) is 10.9. The highest BCUT2D eigenvalue weighted by Gasteiger charge is 2.00. The minimum absolute atomic E-state index is 0.784. The standard InChI is InChI=1S/C18H25NO/c1-2-3-12-20-18-10-9-16-13-15(6-4-5-11-19)7-8-17(16)14-18/h7-10,13-14H,2-6,11-12,19H2,1H3. The van der Waals surface area contributed by atoms with Gasteiger partial charge < -0.3 is 10.5 Å². The van der Waals surface area contributed by atoms with Crippen LogP contribution < -0.4 is 10.5 Å². The average molecular weight is 271 g/mol. The third kappa shape index (κ3) is 4.24. The Morgan fingerprint density at radius 2 is 1.75 bits per heavy atom. The highest BCUT2D eigenvalue weighted by atomic mass is 16.5. The van der Waals surface area contributed by atoms with Crippen molar-refractivity contribution in [1.82, 2.24) is 0 Å². The van der Waals surface area contributed by atoms with Gasteiger partial charge in [0.15, 0.2) is 0 Å². The van der Waals surface area contributed by atoms with E-state index in [0.29, 0.717) is 0 Å². The molecule has 0 atom stereocenters. The summed E-state index contributed by atoms with van der Waals surface area (Å²) in [5, 5.41) is 2.54. The van der Waals surface area contributed by atoms with Crippen LogP contribution in [0.4, 0.5) is 0 Å². The molecule has 0 fully saturated rings. The molecule has 0 aliphatic heterocycles. The van der Waals surface area contributed by atoms with E-state index in [9.17, 15) is 0 Å². The minimum atomic E-state index is 0.784. The largest absolute Gasteiger partial charge is 0.494 e. The second-order valence-electron chi connectivity index (χ2n) is 5.29. The van der Waals surface area contributed by atoms with E-state index >= 15 is 0 Å². The molecular formula is C18H25NO. The molecule has 0 aliphatic rings. The van der Waals surface area contributed by atoms with Gasteiger partial charge in [0.05, 0.1) is 6.61 Å². The number of hydrogen-bond acceptors (Lipinski definition) is 2. The lowest BCUT2D eigenvalue weighted by molar-refractivity contribution is 0.310. The van der Waals surface area contributed by atoms with Crippen molar-refractivity contribution in [2.24, 2.45) is 5.73 Å². The van der Waals surface area contributed by atoms with Crippen molar-refractivity contribution in [3.05, 3.63) is 42.0 Å². The van der Waals surface area contributed by atoms with Crippen molar-refractivity contribution < 1.29 is 4.74 Å². The molecule has 2 N–H and O–H groups in total. The molecule has 0 radical (unpaired) electrons. The van der Waals surface area contributed by atoms with E-state index < -0.39 is 0 Å². The number of unbranched alkanes of at least 4 members (excludes halogenated alkanes) is 2. The Morgan fingerprint density at radius 3 is 2.55 bits per heavy atom. The number of nitrogens with two attached hydrogens (primary N) is 1. The highest BCUT2D eigenvalue weighted by Crippen LogP contribution is 2.23. The lowest BCUT2D eigenvalue weighted by atomic mass is 10.0. The fourth-order valence-electron chi connectivity index (χ4n) is 2.33. The van der Waals surface area contributed by atoms with Crippen molar-refractivity contribution in [2.45, 2.75) is 39.0 Å². The molecule has 20 heavy (non-hydrogen) atoms. The lowest BCUT2D eigenvalue weighted by Gasteiger charge is -2.08. The zero-order chi connectivity index (χ0) is 14.2. The number of ether oxygens (including phenoxy) is 1. The minimum Gasteiger partial charge on any atom is -0.494 e. The molecule has 2 aromatic rings. The predicted molar refractivity (Wildman–Crippen MR) is 86.3 cm³/mol. The van der Waals surface area contributed by atoms with Crippen LogP contribution in [0.1, 0.15) is 38.2 Å². The molecule has 0 amide bonds. The van der Waals surface area contributed by atoms with Gasteiger partial charge in [0.2, 0.25) is 0 Å². The molecule has 0 heterocycles. The Hall–Kier alpha value is -1.54. The number of aryl methyl sites for hydroxylation is 1. The monoisotopic (exact) mass is 271 g/mol. The molecule has 0 aliphatic carbocycles. The molecule has 2 aromatic carbocycles. The second kappa shape index (κ2) is 7.91. The molecule has 0 bridgehead atoms. The maximum Gasteiger partial charge on any atom is 0.119 e. The van der Waals surface area contributed by atoms with E-state index in [2.05, 4.69) is 43.3 Å². The Kier molecular flexibility index (Phi) is 5.87. The summed E-state index contributed by atoms with van der Waals surface area (Å²) in [6, 6.07) is 13.1. The Labute approximate surface area is 121 Å². The molecule has 2 nitrogen and oxygen atoms in total. The van der Waals surface area contributed by atoms with Crippen LogP contribution in [0, 0.1) is 0 Å². The van der Waals surface area contributed by atoms with Crippen LogP contribution in [-0.4, -0.2) is 13.2 Å². The number of benzene rings is 2. The van der Waals surface area contributed by atoms with Crippen LogP contribution in [-0.2, 0) is 6.42 Å². The first-order valence-corrected chi connectivity index (χ1v) is 7.69. The number of hydrogen-bond donors (Lipinski definition) is 1. The van der Waals surface area contributed by atoms with Crippen molar-refractivity contribution in [2.75, 3.05) is 13.2 Å². The summed E-state index contributed by atoms with van der Waals surface area (Å²) in [7, 11) is 0. The van der Waals surface area contributed by atoms with Crippen molar-refractivity contribution in [1.29, 1.82) is 0 Å². The van der Waals surface area contributed by atoms with Gasteiger partial charge in [0.1, 0.15) is 5.75 Å². The zero-order valence-corrected chi connectivity index (χ0v) is 12.4. The van der Waals surface area contributed by atoms with Gasteiger partial charge in [-0.3, -0.25) is 0 Å². The molecule has 0 unspecified atom stereocenters. The van der Waals surface area contributed by atoms with Gasteiger partial charge in [-0.25, -0.2) is 0 Å². The summed E-state index contributed by atoms with van der Waals surface area (Å²) in [6.07, 6.45) is 5.65. The van der Waals surface area contributed by atoms with Gasteiger partial charge in [-0.15, -0.1) is 0 Å². The van der Waals surface area contributed by atoms with Crippen LogP contribution in [0.5, 0.6) is 5.75 Å². The number of rotatable bonds is 8. The summed E-state index contributed by atoms with van der Waals surface area (Å²) in [6.45, 7) is 3.77. The SMILES string of the molecule is CCCCOc1ccc2cc(CCCCN)ccc2c1. The molecule has 0 saturated carbocycles. The summed E-state index contributed by atoms with van der Waals surface area (Å²) >= 11 is 0. The fraction of sp³-hybridized carbons (Fsp3) is 0.444. The third-order valence-electron chi connectivity index (χ3n) is 3.56. The van der Waals surface area contributed by atoms with E-state index in [1.807, 2.05) is 0 Å². The van der Waals surface area contributed by atoms with Crippen LogP contribution in [0.15, 0.2) is 36.4 Å². The van der Waals surface area contributed by atoms with Gasteiger partial charge in [0, 0.05) is 0 Å². The Balaban J connectivity index is 2.04. The summed E-state index contributed by atoms with van der Waals surface area (Å²) in [4.78, 5) is 0. The van der Waals surface area contributed by atoms with Crippen molar-refractivity contribution >= 4 is 10.8 Å². The molecule has 108 valence electrons. The number of fused-ring (bicyclic) bond motifs is 1. The average Bonchev–Trinajstić information content (AvgIpc) is 2.48. The highest BCUT2D eigenvalue weighted by molar-refractivity contribution is 5.84. The van der Waals surface area contributed by atoms with Crippen LogP contribution in [0.25, 0.3) is 10.8 Å². The molecule has 2 heteroatoms. The summed E-state index contributed by atoms with van der Waals surface area (Å²) in [5.41, 5.74) is 6.93. The maximum absolute atomic E-state index is 5.75. The molecule has 2 rings (SSSR count). The van der Waals surface area contributed by atoms with Gasteiger partial charge in [-0.2, -0.15) is 0 Å². The predicted octanol–water partition coefficient (Wildman–Crippen LogP) is 4.30. The van der Waals surface area contributed by atoms with Crippen LogP contribution in [0.3, 0.4) is 0 Å². The third-order valence-corrected chi connectivity index (χ3v) is 3.56. The van der Waals surface area contributed by atoms with E-state index in [-0.39, 0.29) is 0 Å². The first kappa shape index (κ1) is 14.9. The van der Waals surface area contributed by atoms with Gasteiger partial charge >= 0.3 is 0 Å². The molecular weight excluding hydrogens is 246 g/mol. The zero-order valence-electron chi connectivity index (χ0n) is 12.4. The second-order valence-corrected chi connectivity index (χ2v) is 5.29. The van der Waals surface area contributed by atoms with E-state index in [0.717, 1.165) is 38.2 Å². The molecule has 0 aromatic heterocycles. The smallest absolute Gasteiger partial charge is 0.119 e. The fourth-order valence-corrected chi connectivity index (χ4v) is 2.33. The first-order valence-electron chi connectivity index (χ1n) is 7.69.